The minimum atomic E-state index is -1.03. The van der Waals surface area contributed by atoms with Crippen LogP contribution in [0, 0.1) is 10.1 Å². The van der Waals surface area contributed by atoms with Crippen LogP contribution in [0.25, 0.3) is 0 Å². The summed E-state index contributed by atoms with van der Waals surface area (Å²) in [6, 6.07) is 4.07. The summed E-state index contributed by atoms with van der Waals surface area (Å²) in [5.74, 6) is -0.326. The largest absolute Gasteiger partial charge is 0.493 e. The third-order valence-corrected chi connectivity index (χ3v) is 4.21. The summed E-state index contributed by atoms with van der Waals surface area (Å²) in [5, 5.41) is 13.7. The van der Waals surface area contributed by atoms with Gasteiger partial charge in [0.15, 0.2) is 11.5 Å². The molecule has 12 heteroatoms. The van der Waals surface area contributed by atoms with E-state index >= 15 is 0 Å². The van der Waals surface area contributed by atoms with Crippen molar-refractivity contribution in [3.8, 4) is 17.2 Å². The average molecular weight is 435 g/mol. The molecule has 0 saturated carbocycles. The molecule has 1 aromatic heterocycles. The van der Waals surface area contributed by atoms with Crippen LogP contribution in [0.3, 0.4) is 0 Å². The lowest BCUT2D eigenvalue weighted by atomic mass is 10.1. The quantitative estimate of drug-likeness (QED) is 0.344. The molecule has 31 heavy (non-hydrogen) atoms. The number of pyridine rings is 1. The molecule has 0 aliphatic rings. The highest BCUT2D eigenvalue weighted by atomic mass is 16.6. The second-order valence-corrected chi connectivity index (χ2v) is 6.11. The van der Waals surface area contributed by atoms with Gasteiger partial charge in [-0.25, -0.2) is 4.79 Å². The number of nitro groups is 1. The van der Waals surface area contributed by atoms with E-state index in [0.717, 1.165) is 23.9 Å². The van der Waals surface area contributed by atoms with Crippen molar-refractivity contribution in [2.45, 2.75) is 13.1 Å². The predicted molar refractivity (Wildman–Crippen MR) is 107 cm³/mol. The highest BCUT2D eigenvalue weighted by molar-refractivity contribution is 5.89. The fourth-order valence-electron chi connectivity index (χ4n) is 2.75. The van der Waals surface area contributed by atoms with Crippen LogP contribution >= 0.6 is 0 Å². The van der Waals surface area contributed by atoms with E-state index in [2.05, 4.69) is 10.1 Å². The number of aromatic nitrogens is 1. The summed E-state index contributed by atoms with van der Waals surface area (Å²) in [7, 11) is 5.45. The average Bonchev–Trinajstić information content (AvgIpc) is 2.77. The maximum Gasteiger partial charge on any atom is 0.339 e. The Hall–Kier alpha value is -4.09. The van der Waals surface area contributed by atoms with Gasteiger partial charge in [-0.15, -0.1) is 0 Å². The van der Waals surface area contributed by atoms with Gasteiger partial charge < -0.3 is 24.3 Å². The van der Waals surface area contributed by atoms with Gasteiger partial charge >= 0.3 is 17.2 Å². The van der Waals surface area contributed by atoms with Gasteiger partial charge in [0.1, 0.15) is 6.54 Å². The molecule has 0 fully saturated rings. The molecule has 0 spiro atoms. The van der Waals surface area contributed by atoms with Crippen LogP contribution in [0.2, 0.25) is 0 Å². The number of hydrogen-bond acceptors (Lipinski definition) is 9. The number of benzene rings is 1. The van der Waals surface area contributed by atoms with E-state index in [1.165, 1.54) is 21.3 Å². The number of methoxy groups -OCH3 is 4. The predicted octanol–water partition coefficient (Wildman–Crippen LogP) is 0.885. The zero-order valence-electron chi connectivity index (χ0n) is 17.3. The van der Waals surface area contributed by atoms with Gasteiger partial charge in [-0.2, -0.15) is 0 Å². The van der Waals surface area contributed by atoms with E-state index in [1.807, 2.05) is 0 Å². The number of nitrogens with zero attached hydrogens (tertiary/aromatic N) is 2. The minimum absolute atomic E-state index is 0.0447. The summed E-state index contributed by atoms with van der Waals surface area (Å²) < 4.78 is 21.0. The molecule has 0 unspecified atom stereocenters. The van der Waals surface area contributed by atoms with E-state index in [1.54, 1.807) is 12.1 Å². The van der Waals surface area contributed by atoms with Gasteiger partial charge in [-0.3, -0.25) is 24.3 Å². The zero-order valence-corrected chi connectivity index (χ0v) is 17.3. The van der Waals surface area contributed by atoms with Gasteiger partial charge in [-0.1, -0.05) is 0 Å². The van der Waals surface area contributed by atoms with E-state index in [4.69, 9.17) is 14.2 Å². The standard InChI is InChI=1S/C19H21N3O9/c1-28-14-5-11(6-15(29-2)17(14)30-3)8-20-16(23)10-21-9-12(19(25)31-4)7-13(18(21)24)22(26)27/h5-7,9H,8,10H2,1-4H3,(H,20,23). The van der Waals surface area contributed by atoms with Gasteiger partial charge in [0, 0.05) is 18.8 Å². The molecule has 0 saturated heterocycles. The fraction of sp³-hybridized carbons (Fsp3) is 0.316. The number of ether oxygens (including phenoxy) is 4. The number of nitrogens with one attached hydrogen (secondary N) is 1. The highest BCUT2D eigenvalue weighted by Gasteiger charge is 2.21. The van der Waals surface area contributed by atoms with Crippen molar-refractivity contribution < 1.29 is 33.5 Å². The smallest absolute Gasteiger partial charge is 0.339 e. The van der Waals surface area contributed by atoms with Crippen LogP contribution in [0.4, 0.5) is 5.69 Å². The highest BCUT2D eigenvalue weighted by Crippen LogP contribution is 2.38. The van der Waals surface area contributed by atoms with Gasteiger partial charge in [0.2, 0.25) is 11.7 Å². The monoisotopic (exact) mass is 435 g/mol. The Balaban J connectivity index is 2.23. The molecule has 0 radical (unpaired) electrons. The van der Waals surface area contributed by atoms with E-state index in [-0.39, 0.29) is 12.1 Å². The summed E-state index contributed by atoms with van der Waals surface area (Å²) in [6.07, 6.45) is 1.03. The number of rotatable bonds is 9. The van der Waals surface area contributed by atoms with Crippen LogP contribution in [0.5, 0.6) is 17.2 Å². The van der Waals surface area contributed by atoms with Crippen molar-refractivity contribution >= 4 is 17.6 Å². The van der Waals surface area contributed by atoms with Gasteiger partial charge in [0.05, 0.1) is 38.9 Å². The lowest BCUT2D eigenvalue weighted by Gasteiger charge is -2.14. The molecule has 0 atom stereocenters. The molecule has 1 aromatic carbocycles. The Morgan fingerprint density at radius 3 is 2.16 bits per heavy atom. The number of hydrogen-bond donors (Lipinski definition) is 1. The SMILES string of the molecule is COC(=O)c1cc([N+](=O)[O-])c(=O)n(CC(=O)NCc2cc(OC)c(OC)c(OC)c2)c1. The molecule has 0 aliphatic heterocycles. The Kier molecular flexibility index (Phi) is 7.55. The third kappa shape index (κ3) is 5.29. The van der Waals surface area contributed by atoms with Crippen LogP contribution in [0.15, 0.2) is 29.2 Å². The molecule has 0 bridgehead atoms. The van der Waals surface area contributed by atoms with Crippen molar-refractivity contribution in [1.82, 2.24) is 9.88 Å². The topological polar surface area (TPSA) is 148 Å². The molecule has 12 nitrogen and oxygen atoms in total. The molecule has 1 N–H and O–H groups in total. The van der Waals surface area contributed by atoms with Crippen molar-refractivity contribution in [2.24, 2.45) is 0 Å². The van der Waals surface area contributed by atoms with Crippen LogP contribution in [0.1, 0.15) is 15.9 Å². The van der Waals surface area contributed by atoms with Crippen molar-refractivity contribution in [2.75, 3.05) is 28.4 Å². The molecule has 2 rings (SSSR count). The van der Waals surface area contributed by atoms with E-state index in [9.17, 15) is 24.5 Å². The zero-order chi connectivity index (χ0) is 23.1. The molecule has 0 aliphatic carbocycles. The van der Waals surface area contributed by atoms with Gasteiger partial charge in [0.25, 0.3) is 0 Å². The van der Waals surface area contributed by atoms with Crippen LogP contribution in [-0.4, -0.2) is 49.8 Å². The summed E-state index contributed by atoms with van der Waals surface area (Å²) >= 11 is 0. The Morgan fingerprint density at radius 2 is 1.68 bits per heavy atom. The second-order valence-electron chi connectivity index (χ2n) is 6.11. The lowest BCUT2D eigenvalue weighted by molar-refractivity contribution is -0.386. The summed E-state index contributed by atoms with van der Waals surface area (Å²) in [5.41, 5.74) is -1.49. The first-order valence-electron chi connectivity index (χ1n) is 8.78. The third-order valence-electron chi connectivity index (χ3n) is 4.21. The first-order valence-corrected chi connectivity index (χ1v) is 8.78. The number of esters is 1. The van der Waals surface area contributed by atoms with Crippen LogP contribution in [-0.2, 0) is 22.6 Å². The van der Waals surface area contributed by atoms with Crippen molar-refractivity contribution in [3.05, 3.63) is 56.0 Å². The van der Waals surface area contributed by atoms with Crippen molar-refractivity contribution in [3.63, 3.8) is 0 Å². The number of amides is 1. The first-order chi connectivity index (χ1) is 14.7. The van der Waals surface area contributed by atoms with Gasteiger partial charge in [-0.05, 0) is 17.7 Å². The second kappa shape index (κ2) is 10.1. The molecule has 166 valence electrons. The summed E-state index contributed by atoms with van der Waals surface area (Å²) in [4.78, 5) is 46.5. The maximum absolute atomic E-state index is 12.4. The van der Waals surface area contributed by atoms with E-state index in [0.29, 0.717) is 22.8 Å². The molecular formula is C19H21N3O9. The number of carbonyl (C=O) groups is 2. The Morgan fingerprint density at radius 1 is 1.06 bits per heavy atom. The Labute approximate surface area is 176 Å². The summed E-state index contributed by atoms with van der Waals surface area (Å²) in [6.45, 7) is -0.502. The van der Waals surface area contributed by atoms with Crippen LogP contribution < -0.4 is 25.1 Å². The lowest BCUT2D eigenvalue weighted by Crippen LogP contribution is -2.33. The molecule has 1 amide bonds. The van der Waals surface area contributed by atoms with Crippen molar-refractivity contribution in [1.29, 1.82) is 0 Å². The Bertz CT molecular complexity index is 1040. The minimum Gasteiger partial charge on any atom is -0.493 e. The first kappa shape index (κ1) is 23.2. The normalized spacial score (nSPS) is 10.2. The molecule has 1 heterocycles. The maximum atomic E-state index is 12.4. The molecular weight excluding hydrogens is 414 g/mol. The van der Waals surface area contributed by atoms with E-state index < -0.39 is 34.6 Å². The number of carbonyl (C=O) groups excluding carboxylic acids is 2. The fourth-order valence-corrected chi connectivity index (χ4v) is 2.75. The molecule has 2 aromatic rings.